The Morgan fingerprint density at radius 2 is 2.05 bits per heavy atom. The van der Waals surface area contributed by atoms with E-state index in [-0.39, 0.29) is 5.92 Å². The molecule has 0 spiro atoms. The highest BCUT2D eigenvalue weighted by Gasteiger charge is 2.25. The molecule has 0 radical (unpaired) electrons. The van der Waals surface area contributed by atoms with Gasteiger partial charge in [-0.05, 0) is 52.0 Å². The first-order valence-electron chi connectivity index (χ1n) is 6.92. The molecule has 106 valence electrons. The SMILES string of the molecule is Cc1nc(CNCC2CCC(C(=O)O)CC2)sc1C. The van der Waals surface area contributed by atoms with Crippen LogP contribution in [0.15, 0.2) is 0 Å². The minimum atomic E-state index is -0.625. The fraction of sp³-hybridized carbons (Fsp3) is 0.714. The summed E-state index contributed by atoms with van der Waals surface area (Å²) in [6, 6.07) is 0. The average molecular weight is 282 g/mol. The summed E-state index contributed by atoms with van der Waals surface area (Å²) in [5.41, 5.74) is 1.13. The van der Waals surface area contributed by atoms with E-state index in [9.17, 15) is 4.79 Å². The molecule has 2 rings (SSSR count). The lowest BCUT2D eigenvalue weighted by molar-refractivity contribution is -0.143. The van der Waals surface area contributed by atoms with Gasteiger partial charge in [-0.1, -0.05) is 0 Å². The van der Waals surface area contributed by atoms with Gasteiger partial charge < -0.3 is 10.4 Å². The predicted molar refractivity (Wildman–Crippen MR) is 76.4 cm³/mol. The Hall–Kier alpha value is -0.940. The number of aliphatic carboxylic acids is 1. The smallest absolute Gasteiger partial charge is 0.306 e. The zero-order valence-corrected chi connectivity index (χ0v) is 12.4. The summed E-state index contributed by atoms with van der Waals surface area (Å²) >= 11 is 1.75. The summed E-state index contributed by atoms with van der Waals surface area (Å²) in [6.45, 7) is 5.95. The quantitative estimate of drug-likeness (QED) is 0.871. The van der Waals surface area contributed by atoms with Gasteiger partial charge in [0.2, 0.25) is 0 Å². The fourth-order valence-corrected chi connectivity index (χ4v) is 3.52. The molecule has 0 unspecified atom stereocenters. The van der Waals surface area contributed by atoms with E-state index in [1.54, 1.807) is 11.3 Å². The molecule has 1 saturated carbocycles. The van der Waals surface area contributed by atoms with Crippen LogP contribution in [-0.2, 0) is 11.3 Å². The molecule has 1 aliphatic carbocycles. The number of rotatable bonds is 5. The summed E-state index contributed by atoms with van der Waals surface area (Å²) in [5, 5.41) is 13.6. The largest absolute Gasteiger partial charge is 0.481 e. The van der Waals surface area contributed by atoms with Crippen LogP contribution in [0, 0.1) is 25.7 Å². The minimum absolute atomic E-state index is 0.111. The van der Waals surface area contributed by atoms with Crippen LogP contribution >= 0.6 is 11.3 Å². The first kappa shape index (κ1) is 14.5. The molecular formula is C14H22N2O2S. The van der Waals surface area contributed by atoms with E-state index in [1.807, 2.05) is 6.92 Å². The molecule has 0 saturated heterocycles. The molecule has 1 fully saturated rings. The first-order valence-corrected chi connectivity index (χ1v) is 7.74. The zero-order chi connectivity index (χ0) is 13.8. The summed E-state index contributed by atoms with van der Waals surface area (Å²) in [6.07, 6.45) is 3.72. The van der Waals surface area contributed by atoms with Crippen molar-refractivity contribution in [3.8, 4) is 0 Å². The van der Waals surface area contributed by atoms with Gasteiger partial charge in [-0.3, -0.25) is 4.79 Å². The summed E-state index contributed by atoms with van der Waals surface area (Å²) in [5.74, 6) is -0.113. The Bertz CT molecular complexity index is 417. The van der Waals surface area contributed by atoms with Gasteiger partial charge in [0.25, 0.3) is 0 Å². The van der Waals surface area contributed by atoms with Crippen LogP contribution in [-0.4, -0.2) is 22.6 Å². The van der Waals surface area contributed by atoms with Crippen molar-refractivity contribution in [3.63, 3.8) is 0 Å². The molecule has 4 nitrogen and oxygen atoms in total. The lowest BCUT2D eigenvalue weighted by Gasteiger charge is -2.26. The van der Waals surface area contributed by atoms with E-state index in [4.69, 9.17) is 5.11 Å². The van der Waals surface area contributed by atoms with Gasteiger partial charge in [-0.2, -0.15) is 0 Å². The van der Waals surface area contributed by atoms with Crippen LogP contribution in [0.1, 0.15) is 41.3 Å². The maximum atomic E-state index is 10.9. The molecule has 0 aromatic carbocycles. The number of hydrogen-bond donors (Lipinski definition) is 2. The number of carboxylic acid groups (broad SMARTS) is 1. The maximum Gasteiger partial charge on any atom is 0.306 e. The molecule has 0 bridgehead atoms. The molecular weight excluding hydrogens is 260 g/mol. The number of nitrogens with one attached hydrogen (secondary N) is 1. The second-order valence-electron chi connectivity index (χ2n) is 5.44. The van der Waals surface area contributed by atoms with Crippen LogP contribution in [0.3, 0.4) is 0 Å². The van der Waals surface area contributed by atoms with Crippen molar-refractivity contribution < 1.29 is 9.90 Å². The number of thiazole rings is 1. The van der Waals surface area contributed by atoms with Gasteiger partial charge in [0.15, 0.2) is 0 Å². The van der Waals surface area contributed by atoms with Gasteiger partial charge >= 0.3 is 5.97 Å². The Labute approximate surface area is 118 Å². The second-order valence-corrected chi connectivity index (χ2v) is 6.72. The molecule has 2 N–H and O–H groups in total. The van der Waals surface area contributed by atoms with Gasteiger partial charge in [-0.25, -0.2) is 4.98 Å². The Balaban J connectivity index is 1.68. The monoisotopic (exact) mass is 282 g/mol. The third kappa shape index (κ3) is 4.01. The molecule has 5 heteroatoms. The van der Waals surface area contributed by atoms with Crippen molar-refractivity contribution in [3.05, 3.63) is 15.6 Å². The molecule has 1 aliphatic rings. The molecule has 1 aromatic rings. The Kier molecular flexibility index (Phi) is 4.93. The van der Waals surface area contributed by atoms with Crippen LogP contribution < -0.4 is 5.32 Å². The zero-order valence-electron chi connectivity index (χ0n) is 11.6. The normalized spacial score (nSPS) is 23.5. The number of carbonyl (C=O) groups is 1. The number of nitrogens with zero attached hydrogens (tertiary/aromatic N) is 1. The number of carboxylic acids is 1. The highest BCUT2D eigenvalue weighted by molar-refractivity contribution is 7.11. The van der Waals surface area contributed by atoms with E-state index in [1.165, 1.54) is 4.88 Å². The highest BCUT2D eigenvalue weighted by atomic mass is 32.1. The third-order valence-electron chi connectivity index (χ3n) is 3.98. The van der Waals surface area contributed by atoms with Crippen LogP contribution in [0.2, 0.25) is 0 Å². The minimum Gasteiger partial charge on any atom is -0.481 e. The summed E-state index contributed by atoms with van der Waals surface area (Å²) < 4.78 is 0. The average Bonchev–Trinajstić information content (AvgIpc) is 2.69. The first-order chi connectivity index (χ1) is 9.06. The van der Waals surface area contributed by atoms with Crippen molar-refractivity contribution in [2.45, 2.75) is 46.1 Å². The Morgan fingerprint density at radius 3 is 2.58 bits per heavy atom. The third-order valence-corrected chi connectivity index (χ3v) is 5.05. The van der Waals surface area contributed by atoms with Crippen LogP contribution in [0.25, 0.3) is 0 Å². The second kappa shape index (κ2) is 6.48. The van der Waals surface area contributed by atoms with Gasteiger partial charge in [0.1, 0.15) is 5.01 Å². The van der Waals surface area contributed by atoms with Gasteiger partial charge in [0.05, 0.1) is 11.6 Å². The fourth-order valence-electron chi connectivity index (χ4n) is 2.61. The van der Waals surface area contributed by atoms with E-state index >= 15 is 0 Å². The topological polar surface area (TPSA) is 62.2 Å². The standard InChI is InChI=1S/C14H22N2O2S/c1-9-10(2)19-13(16-9)8-15-7-11-3-5-12(6-4-11)14(17)18/h11-12,15H,3-8H2,1-2H3,(H,17,18). The number of hydrogen-bond acceptors (Lipinski definition) is 4. The van der Waals surface area contributed by atoms with E-state index in [0.29, 0.717) is 5.92 Å². The summed E-state index contributed by atoms with van der Waals surface area (Å²) in [7, 11) is 0. The molecule has 1 heterocycles. The van der Waals surface area contributed by atoms with E-state index in [2.05, 4.69) is 17.2 Å². The highest BCUT2D eigenvalue weighted by Crippen LogP contribution is 2.28. The molecule has 0 amide bonds. The van der Waals surface area contributed by atoms with Gasteiger partial charge in [0, 0.05) is 11.4 Å². The van der Waals surface area contributed by atoms with E-state index < -0.39 is 5.97 Å². The van der Waals surface area contributed by atoms with Crippen molar-refractivity contribution in [1.29, 1.82) is 0 Å². The van der Waals surface area contributed by atoms with Crippen LogP contribution in [0.5, 0.6) is 0 Å². The molecule has 19 heavy (non-hydrogen) atoms. The molecule has 0 atom stereocenters. The van der Waals surface area contributed by atoms with Crippen molar-refractivity contribution in [2.75, 3.05) is 6.54 Å². The Morgan fingerprint density at radius 1 is 1.37 bits per heavy atom. The molecule has 0 aliphatic heterocycles. The molecule has 1 aromatic heterocycles. The van der Waals surface area contributed by atoms with Crippen molar-refractivity contribution in [1.82, 2.24) is 10.3 Å². The maximum absolute atomic E-state index is 10.9. The predicted octanol–water partition coefficient (Wildman–Crippen LogP) is 2.74. The van der Waals surface area contributed by atoms with Crippen molar-refractivity contribution >= 4 is 17.3 Å². The van der Waals surface area contributed by atoms with E-state index in [0.717, 1.165) is 49.5 Å². The lowest BCUT2D eigenvalue weighted by atomic mass is 9.82. The summed E-state index contributed by atoms with van der Waals surface area (Å²) in [4.78, 5) is 16.7. The number of aryl methyl sites for hydroxylation is 2. The van der Waals surface area contributed by atoms with Crippen molar-refractivity contribution in [2.24, 2.45) is 11.8 Å². The number of aromatic nitrogens is 1. The van der Waals surface area contributed by atoms with Crippen LogP contribution in [0.4, 0.5) is 0 Å². The lowest BCUT2D eigenvalue weighted by Crippen LogP contribution is -2.28. The van der Waals surface area contributed by atoms with Gasteiger partial charge in [-0.15, -0.1) is 11.3 Å².